The molecule has 0 heterocycles. The van der Waals surface area contributed by atoms with Gasteiger partial charge in [0.1, 0.15) is 11.5 Å². The number of carbonyl (C=O) groups excluding carboxylic acids is 2. The molecule has 2 aromatic rings. The number of rotatable bonds is 8. The van der Waals surface area contributed by atoms with Crippen LogP contribution in [-0.4, -0.2) is 24.5 Å². The lowest BCUT2D eigenvalue weighted by Gasteiger charge is -2.16. The number of hydrazine groups is 1. The van der Waals surface area contributed by atoms with E-state index in [9.17, 15) is 9.59 Å². The van der Waals surface area contributed by atoms with Crippen LogP contribution >= 0.6 is 23.2 Å². The van der Waals surface area contributed by atoms with E-state index in [2.05, 4.69) is 10.9 Å². The second-order valence-electron chi connectivity index (χ2n) is 6.09. The molecule has 0 aromatic heterocycles. The fraction of sp³-hybridized carbons (Fsp3) is 0.300. The maximum Gasteiger partial charge on any atom is 0.279 e. The van der Waals surface area contributed by atoms with E-state index in [4.69, 9.17) is 32.7 Å². The molecule has 150 valence electrons. The Balaban J connectivity index is 1.66. The van der Waals surface area contributed by atoms with Crippen molar-refractivity contribution in [2.75, 3.05) is 6.61 Å². The summed E-state index contributed by atoms with van der Waals surface area (Å²) in [6.07, 6.45) is -0.120. The fourth-order valence-corrected chi connectivity index (χ4v) is 2.70. The predicted molar refractivity (Wildman–Crippen MR) is 109 cm³/mol. The third-order valence-corrected chi connectivity index (χ3v) is 4.32. The molecular weight excluding hydrogens is 403 g/mol. The molecule has 1 unspecified atom stereocenters. The van der Waals surface area contributed by atoms with Crippen molar-refractivity contribution in [2.45, 2.75) is 32.8 Å². The number of benzene rings is 2. The molecule has 2 aromatic carbocycles. The minimum Gasteiger partial charge on any atom is -0.492 e. The largest absolute Gasteiger partial charge is 0.492 e. The first-order chi connectivity index (χ1) is 13.4. The first-order valence-electron chi connectivity index (χ1n) is 8.75. The molecule has 2 amide bonds. The lowest BCUT2D eigenvalue weighted by atomic mass is 10.2. The Morgan fingerprint density at radius 3 is 2.54 bits per heavy atom. The summed E-state index contributed by atoms with van der Waals surface area (Å²) in [6, 6.07) is 12.3. The highest BCUT2D eigenvalue weighted by atomic mass is 35.5. The third kappa shape index (κ3) is 6.94. The van der Waals surface area contributed by atoms with Crippen molar-refractivity contribution >= 4 is 35.0 Å². The standard InChI is InChI=1S/C20H22Cl2N2O4/c1-13-6-3-4-7-17(13)28-14(2)20(26)24-23-19(25)8-5-11-27-18-10-9-15(21)12-16(18)22/h3-4,6-7,9-10,12,14H,5,8,11H2,1-2H3,(H,23,25)(H,24,26). The van der Waals surface area contributed by atoms with Gasteiger partial charge in [0.25, 0.3) is 5.91 Å². The van der Waals surface area contributed by atoms with E-state index in [-0.39, 0.29) is 12.3 Å². The van der Waals surface area contributed by atoms with E-state index in [0.29, 0.717) is 34.6 Å². The van der Waals surface area contributed by atoms with Crippen molar-refractivity contribution in [3.05, 3.63) is 58.1 Å². The maximum absolute atomic E-state index is 12.0. The molecule has 0 aliphatic carbocycles. The van der Waals surface area contributed by atoms with Gasteiger partial charge in [0, 0.05) is 11.4 Å². The molecular formula is C20H22Cl2N2O4. The molecule has 8 heteroatoms. The molecule has 6 nitrogen and oxygen atoms in total. The van der Waals surface area contributed by atoms with Crippen molar-refractivity contribution < 1.29 is 19.1 Å². The molecule has 0 spiro atoms. The molecule has 28 heavy (non-hydrogen) atoms. The normalized spacial score (nSPS) is 11.4. The highest BCUT2D eigenvalue weighted by molar-refractivity contribution is 6.35. The summed E-state index contributed by atoms with van der Waals surface area (Å²) in [7, 11) is 0. The van der Waals surface area contributed by atoms with Crippen LogP contribution in [0.2, 0.25) is 10.0 Å². The molecule has 0 saturated heterocycles. The van der Waals surface area contributed by atoms with Crippen LogP contribution in [0.1, 0.15) is 25.3 Å². The Morgan fingerprint density at radius 1 is 1.07 bits per heavy atom. The number of carbonyl (C=O) groups is 2. The zero-order valence-electron chi connectivity index (χ0n) is 15.6. The summed E-state index contributed by atoms with van der Waals surface area (Å²) in [5, 5.41) is 0.931. The zero-order chi connectivity index (χ0) is 20.5. The second kappa shape index (κ2) is 10.8. The molecule has 0 saturated carbocycles. The van der Waals surface area contributed by atoms with Crippen LogP contribution in [0.3, 0.4) is 0 Å². The number of hydrogen-bond acceptors (Lipinski definition) is 4. The van der Waals surface area contributed by atoms with Gasteiger partial charge in [-0.2, -0.15) is 0 Å². The molecule has 2 N–H and O–H groups in total. The minimum atomic E-state index is -0.753. The van der Waals surface area contributed by atoms with Crippen molar-refractivity contribution in [3.8, 4) is 11.5 Å². The molecule has 1 atom stereocenters. The summed E-state index contributed by atoms with van der Waals surface area (Å²) in [4.78, 5) is 23.9. The van der Waals surface area contributed by atoms with Gasteiger partial charge in [-0.1, -0.05) is 41.4 Å². The minimum absolute atomic E-state index is 0.179. The van der Waals surface area contributed by atoms with E-state index in [1.807, 2.05) is 25.1 Å². The quantitative estimate of drug-likeness (QED) is 0.494. The number of nitrogens with one attached hydrogen (secondary N) is 2. The van der Waals surface area contributed by atoms with Crippen LogP contribution in [0.4, 0.5) is 0 Å². The van der Waals surface area contributed by atoms with Crippen molar-refractivity contribution in [1.29, 1.82) is 0 Å². The number of para-hydroxylation sites is 1. The Morgan fingerprint density at radius 2 is 1.82 bits per heavy atom. The van der Waals surface area contributed by atoms with Crippen LogP contribution in [0.5, 0.6) is 11.5 Å². The second-order valence-corrected chi connectivity index (χ2v) is 6.93. The predicted octanol–water partition coefficient (Wildman–Crippen LogP) is 4.08. The monoisotopic (exact) mass is 424 g/mol. The molecule has 0 bridgehead atoms. The van der Waals surface area contributed by atoms with Crippen LogP contribution in [0.15, 0.2) is 42.5 Å². The van der Waals surface area contributed by atoms with Crippen molar-refractivity contribution in [2.24, 2.45) is 0 Å². The Hall–Kier alpha value is -2.44. The first kappa shape index (κ1) is 21.9. The summed E-state index contributed by atoms with van der Waals surface area (Å²) in [6.45, 7) is 3.80. The summed E-state index contributed by atoms with van der Waals surface area (Å²) < 4.78 is 11.1. The lowest BCUT2D eigenvalue weighted by Crippen LogP contribution is -2.47. The molecule has 0 radical (unpaired) electrons. The lowest BCUT2D eigenvalue weighted by molar-refractivity contribution is -0.132. The number of aryl methyl sites for hydroxylation is 1. The van der Waals surface area contributed by atoms with Crippen LogP contribution in [-0.2, 0) is 9.59 Å². The van der Waals surface area contributed by atoms with Gasteiger partial charge in [-0.05, 0) is 50.1 Å². The smallest absolute Gasteiger partial charge is 0.279 e. The van der Waals surface area contributed by atoms with Gasteiger partial charge in [-0.3, -0.25) is 20.4 Å². The number of halogens is 2. The Labute approximate surface area is 174 Å². The molecule has 2 rings (SSSR count). The van der Waals surface area contributed by atoms with Gasteiger partial charge >= 0.3 is 0 Å². The van der Waals surface area contributed by atoms with Gasteiger partial charge in [-0.25, -0.2) is 0 Å². The van der Waals surface area contributed by atoms with Gasteiger partial charge in [0.2, 0.25) is 5.91 Å². The number of amides is 2. The number of hydrogen-bond donors (Lipinski definition) is 2. The third-order valence-electron chi connectivity index (χ3n) is 3.79. The van der Waals surface area contributed by atoms with E-state index in [1.165, 1.54) is 0 Å². The molecule has 0 aliphatic heterocycles. The van der Waals surface area contributed by atoms with E-state index >= 15 is 0 Å². The zero-order valence-corrected chi connectivity index (χ0v) is 17.1. The van der Waals surface area contributed by atoms with Gasteiger partial charge in [0.15, 0.2) is 6.10 Å². The van der Waals surface area contributed by atoms with E-state index in [1.54, 1.807) is 31.2 Å². The summed E-state index contributed by atoms with van der Waals surface area (Å²) in [5.74, 6) is 0.347. The molecule has 0 fully saturated rings. The number of ether oxygens (including phenoxy) is 2. The van der Waals surface area contributed by atoms with Crippen LogP contribution in [0.25, 0.3) is 0 Å². The fourth-order valence-electron chi connectivity index (χ4n) is 2.24. The maximum atomic E-state index is 12.0. The molecule has 0 aliphatic rings. The van der Waals surface area contributed by atoms with E-state index < -0.39 is 12.0 Å². The Bertz CT molecular complexity index is 830. The Kier molecular flexibility index (Phi) is 8.42. The average molecular weight is 425 g/mol. The van der Waals surface area contributed by atoms with Crippen molar-refractivity contribution in [1.82, 2.24) is 10.9 Å². The highest BCUT2D eigenvalue weighted by Crippen LogP contribution is 2.27. The summed E-state index contributed by atoms with van der Waals surface area (Å²) >= 11 is 11.8. The highest BCUT2D eigenvalue weighted by Gasteiger charge is 2.16. The van der Waals surface area contributed by atoms with Crippen molar-refractivity contribution in [3.63, 3.8) is 0 Å². The van der Waals surface area contributed by atoms with Crippen LogP contribution < -0.4 is 20.3 Å². The van der Waals surface area contributed by atoms with Gasteiger partial charge in [-0.15, -0.1) is 0 Å². The average Bonchev–Trinajstić information content (AvgIpc) is 2.66. The van der Waals surface area contributed by atoms with E-state index in [0.717, 1.165) is 5.56 Å². The SMILES string of the molecule is Cc1ccccc1OC(C)C(=O)NNC(=O)CCCOc1ccc(Cl)cc1Cl. The van der Waals surface area contributed by atoms with Gasteiger partial charge in [0.05, 0.1) is 11.6 Å². The van der Waals surface area contributed by atoms with Gasteiger partial charge < -0.3 is 9.47 Å². The first-order valence-corrected chi connectivity index (χ1v) is 9.51. The topological polar surface area (TPSA) is 76.7 Å². The summed E-state index contributed by atoms with van der Waals surface area (Å²) in [5.41, 5.74) is 5.64. The van der Waals surface area contributed by atoms with Crippen LogP contribution in [0, 0.1) is 6.92 Å².